The Balaban J connectivity index is 2.04. The minimum Gasteiger partial charge on any atom is -0.497 e. The molecule has 2 rings (SSSR count). The molecule has 1 aromatic rings. The van der Waals surface area contributed by atoms with Gasteiger partial charge in [0.25, 0.3) is 5.91 Å². The molecule has 6 heteroatoms. The van der Waals surface area contributed by atoms with Crippen molar-refractivity contribution in [2.75, 3.05) is 32.2 Å². The number of nitrogens with one attached hydrogen (secondary N) is 1. The van der Waals surface area contributed by atoms with Crippen molar-refractivity contribution in [1.29, 1.82) is 0 Å². The summed E-state index contributed by atoms with van der Waals surface area (Å²) in [6, 6.07) is 6.48. The van der Waals surface area contributed by atoms with Gasteiger partial charge in [-0.3, -0.25) is 9.59 Å². The second-order valence-electron chi connectivity index (χ2n) is 6.28. The lowest BCUT2D eigenvalue weighted by Gasteiger charge is -2.26. The van der Waals surface area contributed by atoms with Crippen molar-refractivity contribution in [2.24, 2.45) is 0 Å². The number of hydrogen-bond acceptors (Lipinski definition) is 4. The maximum Gasteiger partial charge on any atom is 0.251 e. The molecule has 1 heterocycles. The Labute approximate surface area is 154 Å². The van der Waals surface area contributed by atoms with E-state index in [0.717, 1.165) is 31.7 Å². The van der Waals surface area contributed by atoms with E-state index >= 15 is 0 Å². The van der Waals surface area contributed by atoms with E-state index < -0.39 is 6.04 Å². The van der Waals surface area contributed by atoms with Crippen LogP contribution in [0.5, 0.6) is 5.75 Å². The van der Waals surface area contributed by atoms with Gasteiger partial charge in [0.2, 0.25) is 5.91 Å². The Hall–Kier alpha value is -1.69. The molecule has 138 valence electrons. The fraction of sp³-hybridized carbons (Fsp3) is 0.579. The molecule has 0 unspecified atom stereocenters. The average Bonchev–Trinajstić information content (AvgIpc) is 2.94. The fourth-order valence-electron chi connectivity index (χ4n) is 2.99. The zero-order chi connectivity index (χ0) is 18.1. The molecule has 0 aliphatic carbocycles. The van der Waals surface area contributed by atoms with Crippen LogP contribution in [-0.4, -0.2) is 55.0 Å². The summed E-state index contributed by atoms with van der Waals surface area (Å²) in [5.74, 6) is 1.39. The van der Waals surface area contributed by atoms with Gasteiger partial charge >= 0.3 is 0 Å². The number of likely N-dealkylation sites (tertiary alicyclic amines) is 1. The zero-order valence-corrected chi connectivity index (χ0v) is 15.9. The van der Waals surface area contributed by atoms with Crippen LogP contribution in [0.3, 0.4) is 0 Å². The lowest BCUT2D eigenvalue weighted by Crippen LogP contribution is -2.49. The van der Waals surface area contributed by atoms with E-state index in [2.05, 4.69) is 5.32 Å². The topological polar surface area (TPSA) is 58.6 Å². The number of nitrogens with zero attached hydrogens (tertiary/aromatic N) is 1. The molecule has 0 aromatic heterocycles. The molecule has 0 radical (unpaired) electrons. The van der Waals surface area contributed by atoms with Crippen LogP contribution >= 0.6 is 11.8 Å². The van der Waals surface area contributed by atoms with Crippen molar-refractivity contribution in [3.05, 3.63) is 29.8 Å². The van der Waals surface area contributed by atoms with Crippen LogP contribution in [0.4, 0.5) is 0 Å². The third-order valence-electron chi connectivity index (χ3n) is 4.48. The van der Waals surface area contributed by atoms with Gasteiger partial charge in [-0.05, 0) is 55.5 Å². The molecule has 1 aliphatic heterocycles. The van der Waals surface area contributed by atoms with Crippen LogP contribution in [0.15, 0.2) is 24.3 Å². The van der Waals surface area contributed by atoms with Crippen molar-refractivity contribution in [1.82, 2.24) is 10.2 Å². The van der Waals surface area contributed by atoms with E-state index in [-0.39, 0.29) is 11.8 Å². The molecule has 25 heavy (non-hydrogen) atoms. The van der Waals surface area contributed by atoms with Crippen LogP contribution in [-0.2, 0) is 4.79 Å². The summed E-state index contributed by atoms with van der Waals surface area (Å²) in [6.45, 7) is 1.60. The van der Waals surface area contributed by atoms with E-state index in [1.54, 1.807) is 43.1 Å². The molecule has 1 N–H and O–H groups in total. The SMILES string of the molecule is COc1ccc(C(=O)N[C@H](CCSC)C(=O)N2CCCCCC2)cc1. The summed E-state index contributed by atoms with van der Waals surface area (Å²) >= 11 is 1.69. The van der Waals surface area contributed by atoms with Crippen LogP contribution in [0.25, 0.3) is 0 Å². The molecule has 1 aliphatic rings. The van der Waals surface area contributed by atoms with Gasteiger partial charge in [-0.1, -0.05) is 12.8 Å². The number of methoxy groups -OCH3 is 1. The minimum absolute atomic E-state index is 0.0535. The Morgan fingerprint density at radius 1 is 1.16 bits per heavy atom. The summed E-state index contributed by atoms with van der Waals surface area (Å²) in [7, 11) is 1.59. The highest BCUT2D eigenvalue weighted by Gasteiger charge is 2.26. The lowest BCUT2D eigenvalue weighted by atomic mass is 10.1. The van der Waals surface area contributed by atoms with Crippen LogP contribution in [0.1, 0.15) is 42.5 Å². The third-order valence-corrected chi connectivity index (χ3v) is 5.13. The molecule has 5 nitrogen and oxygen atoms in total. The molecule has 1 saturated heterocycles. The van der Waals surface area contributed by atoms with Crippen molar-refractivity contribution in [3.8, 4) is 5.75 Å². The predicted molar refractivity (Wildman–Crippen MR) is 102 cm³/mol. The van der Waals surface area contributed by atoms with Crippen LogP contribution < -0.4 is 10.1 Å². The van der Waals surface area contributed by atoms with E-state index in [4.69, 9.17) is 4.74 Å². The van der Waals surface area contributed by atoms with E-state index in [0.29, 0.717) is 17.7 Å². The Bertz CT molecular complexity index is 554. The molecule has 1 aromatic carbocycles. The Morgan fingerprint density at radius 2 is 1.80 bits per heavy atom. The number of ether oxygens (including phenoxy) is 1. The van der Waals surface area contributed by atoms with Crippen molar-refractivity contribution in [3.63, 3.8) is 0 Å². The number of hydrogen-bond donors (Lipinski definition) is 1. The molecular weight excluding hydrogens is 336 g/mol. The standard InChI is InChI=1S/C19H28N2O3S/c1-24-16-9-7-15(8-10-16)18(22)20-17(11-14-25-2)19(23)21-12-5-3-4-6-13-21/h7-10,17H,3-6,11-14H2,1-2H3,(H,20,22)/t17-/m1/s1. The molecule has 1 atom stereocenters. The summed E-state index contributed by atoms with van der Waals surface area (Å²) in [5.41, 5.74) is 0.540. The third kappa shape index (κ3) is 5.96. The smallest absolute Gasteiger partial charge is 0.251 e. The second kappa shape index (κ2) is 10.3. The van der Waals surface area contributed by atoms with Gasteiger partial charge in [-0.2, -0.15) is 11.8 Å². The van der Waals surface area contributed by atoms with E-state index in [9.17, 15) is 9.59 Å². The Kier molecular flexibility index (Phi) is 8.12. The van der Waals surface area contributed by atoms with Crippen molar-refractivity contribution in [2.45, 2.75) is 38.1 Å². The van der Waals surface area contributed by atoms with Crippen LogP contribution in [0.2, 0.25) is 0 Å². The van der Waals surface area contributed by atoms with Gasteiger partial charge in [0.1, 0.15) is 11.8 Å². The minimum atomic E-state index is -0.458. The molecule has 0 spiro atoms. The van der Waals surface area contributed by atoms with Crippen molar-refractivity contribution < 1.29 is 14.3 Å². The first-order valence-corrected chi connectivity index (χ1v) is 10.3. The maximum absolute atomic E-state index is 12.9. The quantitative estimate of drug-likeness (QED) is 0.808. The van der Waals surface area contributed by atoms with Gasteiger partial charge < -0.3 is 15.0 Å². The molecular formula is C19H28N2O3S. The monoisotopic (exact) mass is 364 g/mol. The highest BCUT2D eigenvalue weighted by Crippen LogP contribution is 2.14. The van der Waals surface area contributed by atoms with Gasteiger partial charge in [-0.15, -0.1) is 0 Å². The summed E-state index contributed by atoms with van der Waals surface area (Å²) < 4.78 is 5.12. The first-order chi connectivity index (χ1) is 12.2. The number of rotatable bonds is 7. The van der Waals surface area contributed by atoms with Gasteiger partial charge in [0.05, 0.1) is 7.11 Å². The van der Waals surface area contributed by atoms with E-state index in [1.807, 2.05) is 11.2 Å². The lowest BCUT2D eigenvalue weighted by molar-refractivity contribution is -0.133. The Morgan fingerprint density at radius 3 is 2.36 bits per heavy atom. The van der Waals surface area contributed by atoms with Gasteiger partial charge in [0, 0.05) is 18.7 Å². The molecule has 0 saturated carbocycles. The molecule has 1 fully saturated rings. The largest absolute Gasteiger partial charge is 0.497 e. The van der Waals surface area contributed by atoms with Crippen molar-refractivity contribution >= 4 is 23.6 Å². The second-order valence-corrected chi connectivity index (χ2v) is 7.26. The number of thioether (sulfide) groups is 1. The number of carbonyl (C=O) groups excluding carboxylic acids is 2. The summed E-state index contributed by atoms with van der Waals surface area (Å²) in [6.07, 6.45) is 7.12. The van der Waals surface area contributed by atoms with Crippen LogP contribution in [0, 0.1) is 0 Å². The number of amides is 2. The maximum atomic E-state index is 12.9. The normalized spacial score (nSPS) is 16.0. The average molecular weight is 365 g/mol. The first-order valence-electron chi connectivity index (χ1n) is 8.88. The zero-order valence-electron chi connectivity index (χ0n) is 15.1. The highest BCUT2D eigenvalue weighted by atomic mass is 32.2. The van der Waals surface area contributed by atoms with Gasteiger partial charge in [-0.25, -0.2) is 0 Å². The fourth-order valence-corrected chi connectivity index (χ4v) is 3.46. The van der Waals surface area contributed by atoms with Gasteiger partial charge in [0.15, 0.2) is 0 Å². The number of benzene rings is 1. The summed E-state index contributed by atoms with van der Waals surface area (Å²) in [5, 5.41) is 2.94. The summed E-state index contributed by atoms with van der Waals surface area (Å²) in [4.78, 5) is 27.4. The first kappa shape index (κ1) is 19.6. The van der Waals surface area contributed by atoms with E-state index in [1.165, 1.54) is 12.8 Å². The number of carbonyl (C=O) groups is 2. The molecule has 0 bridgehead atoms. The predicted octanol–water partition coefficient (Wildman–Crippen LogP) is 2.95. The highest BCUT2D eigenvalue weighted by molar-refractivity contribution is 7.98. The molecule has 2 amide bonds.